The highest BCUT2D eigenvalue weighted by Gasteiger charge is 2.17. The normalized spacial score (nSPS) is 24.6. The van der Waals surface area contributed by atoms with Gasteiger partial charge >= 0.3 is 0 Å². The van der Waals surface area contributed by atoms with Crippen LogP contribution in [0.5, 0.6) is 0 Å². The van der Waals surface area contributed by atoms with Crippen LogP contribution < -0.4 is 5.73 Å². The molecule has 2 atom stereocenters. The summed E-state index contributed by atoms with van der Waals surface area (Å²) in [5, 5.41) is 8.51. The van der Waals surface area contributed by atoms with Crippen LogP contribution in [-0.4, -0.2) is 43.8 Å². The fraction of sp³-hybridized carbons (Fsp3) is 0.889. The van der Waals surface area contributed by atoms with Gasteiger partial charge in [0, 0.05) is 19.7 Å². The third-order valence-electron chi connectivity index (χ3n) is 2.21. The van der Waals surface area contributed by atoms with Crippen molar-refractivity contribution in [2.24, 2.45) is 5.73 Å². The lowest BCUT2D eigenvalue weighted by molar-refractivity contribution is 0.0808. The van der Waals surface area contributed by atoms with Gasteiger partial charge in [0.05, 0.1) is 12.2 Å². The molecule has 2 unspecified atom stereocenters. The number of hydrogen-bond donors (Lipinski definition) is 1. The van der Waals surface area contributed by atoms with Gasteiger partial charge in [-0.2, -0.15) is 5.26 Å². The van der Waals surface area contributed by atoms with E-state index >= 15 is 0 Å². The molecule has 0 radical (unpaired) electrons. The molecule has 0 aromatic carbocycles. The van der Waals surface area contributed by atoms with E-state index in [1.54, 1.807) is 0 Å². The second-order valence-electron chi connectivity index (χ2n) is 3.59. The second kappa shape index (κ2) is 5.18. The highest BCUT2D eigenvalue weighted by molar-refractivity contribution is 4.88. The van der Waals surface area contributed by atoms with Gasteiger partial charge in [-0.15, -0.1) is 0 Å². The predicted octanol–water partition coefficient (Wildman–Crippen LogP) is -0.0519. The van der Waals surface area contributed by atoms with Gasteiger partial charge in [0.2, 0.25) is 0 Å². The molecular weight excluding hydrogens is 166 g/mol. The largest absolute Gasteiger partial charge is 0.377 e. The van der Waals surface area contributed by atoms with Gasteiger partial charge in [-0.05, 0) is 19.9 Å². The zero-order valence-corrected chi connectivity index (χ0v) is 8.07. The van der Waals surface area contributed by atoms with Gasteiger partial charge in [0.15, 0.2) is 0 Å². The first-order chi connectivity index (χ1) is 6.22. The van der Waals surface area contributed by atoms with Crippen molar-refractivity contribution in [3.05, 3.63) is 0 Å². The summed E-state index contributed by atoms with van der Waals surface area (Å²) in [6, 6.07) is 1.63. The molecule has 4 nitrogen and oxygen atoms in total. The molecule has 1 heterocycles. The average molecular weight is 183 g/mol. The first-order valence-electron chi connectivity index (χ1n) is 4.67. The molecule has 0 aliphatic carbocycles. The van der Waals surface area contributed by atoms with Crippen molar-refractivity contribution in [1.29, 1.82) is 5.26 Å². The lowest BCUT2D eigenvalue weighted by Crippen LogP contribution is -2.38. The summed E-state index contributed by atoms with van der Waals surface area (Å²) in [7, 11) is 1.97. The van der Waals surface area contributed by atoms with Crippen molar-refractivity contribution in [3.63, 3.8) is 0 Å². The van der Waals surface area contributed by atoms with Gasteiger partial charge in [0.1, 0.15) is 6.04 Å². The number of nitriles is 1. The van der Waals surface area contributed by atoms with Crippen molar-refractivity contribution < 1.29 is 4.74 Å². The summed E-state index contributed by atoms with van der Waals surface area (Å²) in [6.07, 6.45) is 2.63. The van der Waals surface area contributed by atoms with E-state index in [0.717, 1.165) is 26.0 Å². The summed E-state index contributed by atoms with van der Waals surface area (Å²) in [5.41, 5.74) is 5.50. The van der Waals surface area contributed by atoms with Crippen molar-refractivity contribution in [1.82, 2.24) is 4.90 Å². The lowest BCUT2D eigenvalue weighted by Gasteiger charge is -2.20. The molecule has 1 rings (SSSR count). The Balaban J connectivity index is 2.16. The van der Waals surface area contributed by atoms with Crippen molar-refractivity contribution >= 4 is 0 Å². The van der Waals surface area contributed by atoms with E-state index in [9.17, 15) is 0 Å². The lowest BCUT2D eigenvalue weighted by atomic mass is 10.2. The summed E-state index contributed by atoms with van der Waals surface area (Å²) in [4.78, 5) is 2.06. The highest BCUT2D eigenvalue weighted by atomic mass is 16.5. The molecule has 1 saturated heterocycles. The Bertz CT molecular complexity index is 184. The van der Waals surface area contributed by atoms with Crippen molar-refractivity contribution in [3.8, 4) is 6.07 Å². The van der Waals surface area contributed by atoms with Gasteiger partial charge in [-0.1, -0.05) is 0 Å². The number of hydrogen-bond acceptors (Lipinski definition) is 4. The molecule has 1 aliphatic heterocycles. The van der Waals surface area contributed by atoms with Crippen molar-refractivity contribution in [2.45, 2.75) is 25.0 Å². The quantitative estimate of drug-likeness (QED) is 0.663. The Morgan fingerprint density at radius 2 is 2.54 bits per heavy atom. The fourth-order valence-electron chi connectivity index (χ4n) is 1.59. The third kappa shape index (κ3) is 3.73. The third-order valence-corrected chi connectivity index (χ3v) is 2.21. The Kier molecular flexibility index (Phi) is 4.16. The number of likely N-dealkylation sites (N-methyl/N-ethyl adjacent to an activating group) is 1. The van der Waals surface area contributed by atoms with Gasteiger partial charge in [-0.3, -0.25) is 0 Å². The minimum Gasteiger partial charge on any atom is -0.377 e. The van der Waals surface area contributed by atoms with E-state index in [-0.39, 0.29) is 6.04 Å². The molecule has 0 aromatic heterocycles. The van der Waals surface area contributed by atoms with Crippen LogP contribution in [-0.2, 0) is 4.74 Å². The minimum atomic E-state index is -0.383. The molecule has 0 amide bonds. The maximum Gasteiger partial charge on any atom is 0.106 e. The SMILES string of the molecule is CN(CC(N)C#N)CC1CCCO1. The Morgan fingerprint density at radius 1 is 1.77 bits per heavy atom. The molecule has 1 aliphatic rings. The summed E-state index contributed by atoms with van der Waals surface area (Å²) < 4.78 is 5.47. The number of nitrogens with two attached hydrogens (primary N) is 1. The van der Waals surface area contributed by atoms with Crippen LogP contribution in [0.25, 0.3) is 0 Å². The molecule has 4 heteroatoms. The molecule has 0 bridgehead atoms. The maximum atomic E-state index is 8.51. The first-order valence-corrected chi connectivity index (χ1v) is 4.67. The second-order valence-corrected chi connectivity index (χ2v) is 3.59. The molecule has 0 spiro atoms. The first kappa shape index (κ1) is 10.5. The van der Waals surface area contributed by atoms with E-state index in [1.165, 1.54) is 0 Å². The average Bonchev–Trinajstić information content (AvgIpc) is 2.56. The monoisotopic (exact) mass is 183 g/mol. The fourth-order valence-corrected chi connectivity index (χ4v) is 1.59. The number of ether oxygens (including phenoxy) is 1. The highest BCUT2D eigenvalue weighted by Crippen LogP contribution is 2.12. The van der Waals surface area contributed by atoms with Crippen molar-refractivity contribution in [2.75, 3.05) is 26.7 Å². The summed E-state index contributed by atoms with van der Waals surface area (Å²) >= 11 is 0. The van der Waals surface area contributed by atoms with E-state index in [4.69, 9.17) is 15.7 Å². The zero-order valence-electron chi connectivity index (χ0n) is 8.07. The van der Waals surface area contributed by atoms with Crippen LogP contribution in [0.3, 0.4) is 0 Å². The van der Waals surface area contributed by atoms with E-state index in [0.29, 0.717) is 12.6 Å². The standard InChI is InChI=1S/C9H17N3O/c1-12(6-8(11)5-10)7-9-3-2-4-13-9/h8-9H,2-4,6-7,11H2,1H3. The molecule has 74 valence electrons. The molecule has 0 aromatic rings. The Morgan fingerprint density at radius 3 is 3.08 bits per heavy atom. The summed E-state index contributed by atoms with van der Waals surface area (Å²) in [5.74, 6) is 0. The van der Waals surface area contributed by atoms with Gasteiger partial charge in [-0.25, -0.2) is 0 Å². The minimum absolute atomic E-state index is 0.343. The Labute approximate surface area is 79.3 Å². The van der Waals surface area contributed by atoms with E-state index in [1.807, 2.05) is 13.1 Å². The van der Waals surface area contributed by atoms with Crippen LogP contribution in [0.1, 0.15) is 12.8 Å². The van der Waals surface area contributed by atoms with Crippen LogP contribution in [0, 0.1) is 11.3 Å². The molecular formula is C9H17N3O. The van der Waals surface area contributed by atoms with E-state index in [2.05, 4.69) is 4.90 Å². The zero-order chi connectivity index (χ0) is 9.68. The molecule has 13 heavy (non-hydrogen) atoms. The van der Waals surface area contributed by atoms with Crippen LogP contribution in [0.4, 0.5) is 0 Å². The number of nitrogens with zero attached hydrogens (tertiary/aromatic N) is 2. The Hall–Kier alpha value is -0.630. The molecule has 0 saturated carbocycles. The topological polar surface area (TPSA) is 62.3 Å². The molecule has 1 fully saturated rings. The predicted molar refractivity (Wildman–Crippen MR) is 50.1 cm³/mol. The van der Waals surface area contributed by atoms with Crippen LogP contribution >= 0.6 is 0 Å². The van der Waals surface area contributed by atoms with Crippen LogP contribution in [0.2, 0.25) is 0 Å². The smallest absolute Gasteiger partial charge is 0.106 e. The van der Waals surface area contributed by atoms with Gasteiger partial charge in [0.25, 0.3) is 0 Å². The number of rotatable bonds is 4. The maximum absolute atomic E-state index is 8.51. The van der Waals surface area contributed by atoms with Gasteiger partial charge < -0.3 is 15.4 Å². The van der Waals surface area contributed by atoms with Crippen LogP contribution in [0.15, 0.2) is 0 Å². The van der Waals surface area contributed by atoms with E-state index < -0.39 is 0 Å². The molecule has 2 N–H and O–H groups in total. The summed E-state index contributed by atoms with van der Waals surface area (Å²) in [6.45, 7) is 2.38.